The topological polar surface area (TPSA) is 70.3 Å². The predicted octanol–water partition coefficient (Wildman–Crippen LogP) is 2.22. The number of nitrogens with zero attached hydrogens (tertiary/aromatic N) is 2. The third-order valence-corrected chi connectivity index (χ3v) is 3.52. The number of nitrogen functional groups attached to an aromatic ring is 1. The van der Waals surface area contributed by atoms with Crippen LogP contribution in [0.2, 0.25) is 0 Å². The van der Waals surface area contributed by atoms with Gasteiger partial charge in [0.05, 0.1) is 26.2 Å². The van der Waals surface area contributed by atoms with Gasteiger partial charge in [-0.15, -0.1) is 11.8 Å². The van der Waals surface area contributed by atoms with Crippen molar-refractivity contribution in [2.75, 3.05) is 25.7 Å². The van der Waals surface area contributed by atoms with Crippen LogP contribution >= 0.6 is 11.8 Å². The summed E-state index contributed by atoms with van der Waals surface area (Å²) in [4.78, 5) is 9.11. The van der Waals surface area contributed by atoms with Crippen molar-refractivity contribution in [3.05, 3.63) is 36.0 Å². The molecular formula is C15H15N3O2S. The van der Waals surface area contributed by atoms with Gasteiger partial charge < -0.3 is 15.2 Å². The molecule has 0 atom stereocenters. The van der Waals surface area contributed by atoms with Crippen LogP contribution in [-0.2, 0) is 0 Å². The van der Waals surface area contributed by atoms with E-state index in [1.165, 1.54) is 14.2 Å². The highest BCUT2D eigenvalue weighted by molar-refractivity contribution is 7.99. The fourth-order valence-corrected chi connectivity index (χ4v) is 2.26. The first-order chi connectivity index (χ1) is 10.2. The Hall–Kier alpha value is -2.39. The summed E-state index contributed by atoms with van der Waals surface area (Å²) in [5.74, 6) is 7.05. The lowest BCUT2D eigenvalue weighted by atomic mass is 10.3. The van der Waals surface area contributed by atoms with E-state index in [0.29, 0.717) is 17.2 Å². The van der Waals surface area contributed by atoms with Crippen molar-refractivity contribution in [3.63, 3.8) is 0 Å². The van der Waals surface area contributed by atoms with Crippen molar-refractivity contribution in [2.24, 2.45) is 0 Å². The van der Waals surface area contributed by atoms with Crippen LogP contribution in [0.1, 0.15) is 5.56 Å². The third-order valence-electron chi connectivity index (χ3n) is 2.55. The number of para-hydroxylation sites is 1. The summed E-state index contributed by atoms with van der Waals surface area (Å²) in [6.45, 7) is 0. The number of hydrogen-bond acceptors (Lipinski definition) is 6. The molecule has 108 valence electrons. The van der Waals surface area contributed by atoms with Gasteiger partial charge in [0.25, 0.3) is 0 Å². The van der Waals surface area contributed by atoms with Crippen LogP contribution in [-0.4, -0.2) is 29.9 Å². The second-order valence-electron chi connectivity index (χ2n) is 3.91. The predicted molar refractivity (Wildman–Crippen MR) is 83.6 cm³/mol. The SMILES string of the molecule is COc1ncc(C#CCSc2ccccc2N)c(OC)n1. The summed E-state index contributed by atoms with van der Waals surface area (Å²) in [6.07, 6.45) is 1.58. The van der Waals surface area contributed by atoms with Gasteiger partial charge in [0, 0.05) is 10.6 Å². The summed E-state index contributed by atoms with van der Waals surface area (Å²) in [5.41, 5.74) is 7.25. The highest BCUT2D eigenvalue weighted by Gasteiger charge is 2.05. The van der Waals surface area contributed by atoms with E-state index in [0.717, 1.165) is 10.6 Å². The van der Waals surface area contributed by atoms with E-state index >= 15 is 0 Å². The lowest BCUT2D eigenvalue weighted by Gasteiger charge is -2.03. The van der Waals surface area contributed by atoms with Crippen LogP contribution in [0, 0.1) is 11.8 Å². The van der Waals surface area contributed by atoms with Crippen LogP contribution < -0.4 is 15.2 Å². The maximum absolute atomic E-state index is 5.87. The lowest BCUT2D eigenvalue weighted by Crippen LogP contribution is -1.97. The number of rotatable bonds is 4. The molecule has 21 heavy (non-hydrogen) atoms. The monoisotopic (exact) mass is 301 g/mol. The summed E-state index contributed by atoms with van der Waals surface area (Å²) < 4.78 is 10.1. The van der Waals surface area contributed by atoms with Gasteiger partial charge in [0.2, 0.25) is 5.88 Å². The Morgan fingerprint density at radius 1 is 1.24 bits per heavy atom. The van der Waals surface area contributed by atoms with Crippen LogP contribution in [0.3, 0.4) is 0 Å². The second kappa shape index (κ2) is 7.41. The molecule has 6 heteroatoms. The maximum Gasteiger partial charge on any atom is 0.319 e. The van der Waals surface area contributed by atoms with E-state index in [9.17, 15) is 0 Å². The molecule has 0 radical (unpaired) electrons. The van der Waals surface area contributed by atoms with E-state index < -0.39 is 0 Å². The van der Waals surface area contributed by atoms with E-state index in [1.54, 1.807) is 18.0 Å². The normalized spacial score (nSPS) is 9.62. The van der Waals surface area contributed by atoms with Crippen molar-refractivity contribution in [3.8, 4) is 23.7 Å². The zero-order chi connectivity index (χ0) is 15.1. The van der Waals surface area contributed by atoms with Gasteiger partial charge >= 0.3 is 6.01 Å². The van der Waals surface area contributed by atoms with Crippen LogP contribution in [0.25, 0.3) is 0 Å². The maximum atomic E-state index is 5.87. The number of anilines is 1. The zero-order valence-electron chi connectivity index (χ0n) is 11.8. The summed E-state index contributed by atoms with van der Waals surface area (Å²) in [7, 11) is 3.04. The third kappa shape index (κ3) is 4.04. The van der Waals surface area contributed by atoms with Crippen molar-refractivity contribution < 1.29 is 9.47 Å². The average molecular weight is 301 g/mol. The molecule has 0 bridgehead atoms. The Labute approximate surface area is 127 Å². The molecule has 0 aliphatic carbocycles. The number of nitrogens with two attached hydrogens (primary N) is 1. The average Bonchev–Trinajstić information content (AvgIpc) is 2.53. The fourth-order valence-electron chi connectivity index (χ4n) is 1.55. The highest BCUT2D eigenvalue weighted by atomic mass is 32.2. The van der Waals surface area contributed by atoms with E-state index in [1.807, 2.05) is 24.3 Å². The molecule has 0 saturated carbocycles. The minimum Gasteiger partial charge on any atom is -0.480 e. The van der Waals surface area contributed by atoms with Crippen molar-refractivity contribution >= 4 is 17.4 Å². The summed E-state index contributed by atoms with van der Waals surface area (Å²) in [5, 5.41) is 0. The van der Waals surface area contributed by atoms with Crippen molar-refractivity contribution in [2.45, 2.75) is 4.90 Å². The molecule has 2 N–H and O–H groups in total. The molecule has 1 heterocycles. The molecule has 0 saturated heterocycles. The minimum atomic E-state index is 0.254. The van der Waals surface area contributed by atoms with E-state index in [2.05, 4.69) is 21.8 Å². The van der Waals surface area contributed by atoms with E-state index in [-0.39, 0.29) is 6.01 Å². The van der Waals surface area contributed by atoms with Gasteiger partial charge in [-0.3, -0.25) is 0 Å². The molecule has 2 aromatic rings. The number of ether oxygens (including phenoxy) is 2. The molecule has 0 fully saturated rings. The molecule has 0 aliphatic rings. The first-order valence-electron chi connectivity index (χ1n) is 6.15. The first kappa shape index (κ1) is 15.0. The smallest absolute Gasteiger partial charge is 0.319 e. The fraction of sp³-hybridized carbons (Fsp3) is 0.200. The van der Waals surface area contributed by atoms with Gasteiger partial charge in [-0.2, -0.15) is 4.98 Å². The van der Waals surface area contributed by atoms with Crippen LogP contribution in [0.15, 0.2) is 35.4 Å². The Bertz CT molecular complexity index is 680. The number of methoxy groups -OCH3 is 2. The summed E-state index contributed by atoms with van der Waals surface area (Å²) in [6, 6.07) is 7.95. The second-order valence-corrected chi connectivity index (χ2v) is 4.93. The first-order valence-corrected chi connectivity index (χ1v) is 7.14. The molecule has 0 aliphatic heterocycles. The molecule has 5 nitrogen and oxygen atoms in total. The molecule has 0 unspecified atom stereocenters. The van der Waals surface area contributed by atoms with E-state index in [4.69, 9.17) is 15.2 Å². The van der Waals surface area contributed by atoms with Crippen LogP contribution in [0.4, 0.5) is 5.69 Å². The molecule has 0 spiro atoms. The largest absolute Gasteiger partial charge is 0.480 e. The molecular weight excluding hydrogens is 286 g/mol. The van der Waals surface area contributed by atoms with Gasteiger partial charge in [-0.05, 0) is 12.1 Å². The number of aromatic nitrogens is 2. The number of thioether (sulfide) groups is 1. The molecule has 0 amide bonds. The lowest BCUT2D eigenvalue weighted by molar-refractivity contribution is 0.351. The van der Waals surface area contributed by atoms with Crippen molar-refractivity contribution in [1.82, 2.24) is 9.97 Å². The van der Waals surface area contributed by atoms with Gasteiger partial charge in [0.15, 0.2) is 0 Å². The molecule has 1 aromatic heterocycles. The summed E-state index contributed by atoms with van der Waals surface area (Å²) >= 11 is 1.58. The highest BCUT2D eigenvalue weighted by Crippen LogP contribution is 2.23. The number of benzene rings is 1. The van der Waals surface area contributed by atoms with Crippen LogP contribution in [0.5, 0.6) is 11.9 Å². The quantitative estimate of drug-likeness (QED) is 0.530. The Kier molecular flexibility index (Phi) is 5.29. The minimum absolute atomic E-state index is 0.254. The van der Waals surface area contributed by atoms with Gasteiger partial charge in [-0.1, -0.05) is 24.0 Å². The Balaban J connectivity index is 2.04. The molecule has 1 aromatic carbocycles. The zero-order valence-corrected chi connectivity index (χ0v) is 12.6. The van der Waals surface area contributed by atoms with Gasteiger partial charge in [0.1, 0.15) is 5.56 Å². The van der Waals surface area contributed by atoms with Gasteiger partial charge in [-0.25, -0.2) is 4.98 Å². The Morgan fingerprint density at radius 3 is 2.76 bits per heavy atom. The molecule has 2 rings (SSSR count). The standard InChI is InChI=1S/C15H15N3O2S/c1-19-14-11(10-17-15(18-14)20-2)6-5-9-21-13-8-4-3-7-12(13)16/h3-4,7-8,10H,9,16H2,1-2H3. The number of hydrogen-bond donors (Lipinski definition) is 1. The van der Waals surface area contributed by atoms with Crippen molar-refractivity contribution in [1.29, 1.82) is 0 Å². The Morgan fingerprint density at radius 2 is 2.05 bits per heavy atom.